The quantitative estimate of drug-likeness (QED) is 0.837. The van der Waals surface area contributed by atoms with Crippen LogP contribution in [-0.4, -0.2) is 33.0 Å². The molecule has 1 aliphatic rings. The molecule has 2 rings (SSSR count). The van der Waals surface area contributed by atoms with Gasteiger partial charge in [-0.1, -0.05) is 13.0 Å². The summed E-state index contributed by atoms with van der Waals surface area (Å²) in [6.45, 7) is 6.65. The van der Waals surface area contributed by atoms with E-state index >= 15 is 0 Å². The SMILES string of the molecule is CCNC(C)c1ccc(OC)cc1OCC1CCCCO1. The Kier molecular flexibility index (Phi) is 6.33. The van der Waals surface area contributed by atoms with Gasteiger partial charge < -0.3 is 19.5 Å². The molecule has 2 atom stereocenters. The molecule has 4 heteroatoms. The van der Waals surface area contributed by atoms with Crippen LogP contribution in [-0.2, 0) is 4.74 Å². The number of nitrogens with one attached hydrogen (secondary N) is 1. The normalized spacial score (nSPS) is 20.0. The fraction of sp³-hybridized carbons (Fsp3) is 0.647. The van der Waals surface area contributed by atoms with Crippen molar-refractivity contribution >= 4 is 0 Å². The molecule has 0 saturated carbocycles. The van der Waals surface area contributed by atoms with Crippen LogP contribution >= 0.6 is 0 Å². The molecule has 0 spiro atoms. The molecule has 1 aliphatic heterocycles. The lowest BCUT2D eigenvalue weighted by Gasteiger charge is -2.24. The van der Waals surface area contributed by atoms with Crippen LogP contribution in [0.5, 0.6) is 11.5 Å². The van der Waals surface area contributed by atoms with E-state index in [9.17, 15) is 0 Å². The molecule has 4 nitrogen and oxygen atoms in total. The van der Waals surface area contributed by atoms with Crippen molar-refractivity contribution in [2.45, 2.75) is 45.3 Å². The standard InChI is InChI=1S/C17H27NO3/c1-4-18-13(2)16-9-8-14(19-3)11-17(16)21-12-15-7-5-6-10-20-15/h8-9,11,13,15,18H,4-7,10,12H2,1-3H3. The summed E-state index contributed by atoms with van der Waals surface area (Å²) in [7, 11) is 1.68. The van der Waals surface area contributed by atoms with E-state index in [2.05, 4.69) is 25.2 Å². The number of ether oxygens (including phenoxy) is 3. The molecule has 1 heterocycles. The highest BCUT2D eigenvalue weighted by Gasteiger charge is 2.17. The van der Waals surface area contributed by atoms with Gasteiger partial charge in [-0.2, -0.15) is 0 Å². The van der Waals surface area contributed by atoms with Crippen LogP contribution < -0.4 is 14.8 Å². The third-order valence-electron chi connectivity index (χ3n) is 3.90. The Hall–Kier alpha value is -1.26. The van der Waals surface area contributed by atoms with Crippen LogP contribution in [0.3, 0.4) is 0 Å². The number of methoxy groups -OCH3 is 1. The van der Waals surface area contributed by atoms with E-state index in [4.69, 9.17) is 14.2 Å². The second-order valence-electron chi connectivity index (χ2n) is 5.48. The maximum atomic E-state index is 6.04. The van der Waals surface area contributed by atoms with Crippen molar-refractivity contribution in [1.29, 1.82) is 0 Å². The molecule has 0 radical (unpaired) electrons. The van der Waals surface area contributed by atoms with Crippen molar-refractivity contribution < 1.29 is 14.2 Å². The maximum Gasteiger partial charge on any atom is 0.127 e. The van der Waals surface area contributed by atoms with E-state index in [1.807, 2.05) is 12.1 Å². The first-order valence-corrected chi connectivity index (χ1v) is 7.90. The van der Waals surface area contributed by atoms with E-state index < -0.39 is 0 Å². The largest absolute Gasteiger partial charge is 0.497 e. The first kappa shape index (κ1) is 16.1. The van der Waals surface area contributed by atoms with Gasteiger partial charge in [-0.15, -0.1) is 0 Å². The Bertz CT molecular complexity index is 430. The molecule has 2 unspecified atom stereocenters. The Balaban J connectivity index is 2.06. The Morgan fingerprint density at radius 3 is 2.90 bits per heavy atom. The first-order chi connectivity index (χ1) is 10.2. The molecule has 1 fully saturated rings. The van der Waals surface area contributed by atoms with Gasteiger partial charge in [0, 0.05) is 24.3 Å². The monoisotopic (exact) mass is 293 g/mol. The zero-order valence-electron chi connectivity index (χ0n) is 13.4. The van der Waals surface area contributed by atoms with Gasteiger partial charge in [0.25, 0.3) is 0 Å². The molecule has 1 aromatic carbocycles. The molecular weight excluding hydrogens is 266 g/mol. The predicted octanol–water partition coefficient (Wildman–Crippen LogP) is 3.31. The summed E-state index contributed by atoms with van der Waals surface area (Å²) in [5.41, 5.74) is 1.16. The number of hydrogen-bond acceptors (Lipinski definition) is 4. The molecule has 118 valence electrons. The molecule has 1 aromatic rings. The summed E-state index contributed by atoms with van der Waals surface area (Å²) < 4.78 is 17.1. The van der Waals surface area contributed by atoms with E-state index in [-0.39, 0.29) is 12.1 Å². The first-order valence-electron chi connectivity index (χ1n) is 7.90. The van der Waals surface area contributed by atoms with Crippen LogP contribution in [0, 0.1) is 0 Å². The smallest absolute Gasteiger partial charge is 0.127 e. The van der Waals surface area contributed by atoms with Gasteiger partial charge in [0.15, 0.2) is 0 Å². The zero-order valence-corrected chi connectivity index (χ0v) is 13.4. The van der Waals surface area contributed by atoms with Gasteiger partial charge in [0.05, 0.1) is 13.2 Å². The fourth-order valence-corrected chi connectivity index (χ4v) is 2.66. The van der Waals surface area contributed by atoms with Gasteiger partial charge in [-0.3, -0.25) is 0 Å². The topological polar surface area (TPSA) is 39.7 Å². The van der Waals surface area contributed by atoms with E-state index in [1.54, 1.807) is 7.11 Å². The van der Waals surface area contributed by atoms with Crippen LogP contribution in [0.1, 0.15) is 44.7 Å². The fourth-order valence-electron chi connectivity index (χ4n) is 2.66. The van der Waals surface area contributed by atoms with Crippen molar-refractivity contribution in [3.05, 3.63) is 23.8 Å². The highest BCUT2D eigenvalue weighted by atomic mass is 16.5. The highest BCUT2D eigenvalue weighted by Crippen LogP contribution is 2.30. The van der Waals surface area contributed by atoms with Crippen LogP contribution in [0.15, 0.2) is 18.2 Å². The minimum atomic E-state index is 0.215. The van der Waals surface area contributed by atoms with Gasteiger partial charge in [0.1, 0.15) is 18.1 Å². The summed E-state index contributed by atoms with van der Waals surface area (Å²) in [4.78, 5) is 0. The molecular formula is C17H27NO3. The molecule has 1 N–H and O–H groups in total. The Morgan fingerprint density at radius 1 is 1.38 bits per heavy atom. The predicted molar refractivity (Wildman–Crippen MR) is 84.2 cm³/mol. The third-order valence-corrected chi connectivity index (χ3v) is 3.90. The van der Waals surface area contributed by atoms with E-state index in [1.165, 1.54) is 12.8 Å². The summed E-state index contributed by atoms with van der Waals surface area (Å²) in [6, 6.07) is 6.27. The lowest BCUT2D eigenvalue weighted by Crippen LogP contribution is -2.26. The van der Waals surface area contributed by atoms with Crippen molar-refractivity contribution in [2.24, 2.45) is 0 Å². The van der Waals surface area contributed by atoms with Gasteiger partial charge in [0.2, 0.25) is 0 Å². The van der Waals surface area contributed by atoms with Crippen LogP contribution in [0.4, 0.5) is 0 Å². The molecule has 0 amide bonds. The lowest BCUT2D eigenvalue weighted by molar-refractivity contribution is -0.0113. The molecule has 0 aliphatic carbocycles. The minimum Gasteiger partial charge on any atom is -0.497 e. The number of rotatable bonds is 7. The van der Waals surface area contributed by atoms with Gasteiger partial charge >= 0.3 is 0 Å². The third kappa shape index (κ3) is 4.61. The van der Waals surface area contributed by atoms with Gasteiger partial charge in [-0.05, 0) is 38.8 Å². The minimum absolute atomic E-state index is 0.215. The van der Waals surface area contributed by atoms with Gasteiger partial charge in [-0.25, -0.2) is 0 Å². The van der Waals surface area contributed by atoms with Crippen LogP contribution in [0.25, 0.3) is 0 Å². The average Bonchev–Trinajstić information content (AvgIpc) is 2.53. The Labute approximate surface area is 127 Å². The van der Waals surface area contributed by atoms with E-state index in [0.717, 1.165) is 36.6 Å². The summed E-state index contributed by atoms with van der Waals surface area (Å²) >= 11 is 0. The summed E-state index contributed by atoms with van der Waals surface area (Å²) in [5.74, 6) is 1.71. The maximum absolute atomic E-state index is 6.04. The Morgan fingerprint density at radius 2 is 2.24 bits per heavy atom. The average molecular weight is 293 g/mol. The number of hydrogen-bond donors (Lipinski definition) is 1. The molecule has 1 saturated heterocycles. The van der Waals surface area contributed by atoms with Crippen LogP contribution in [0.2, 0.25) is 0 Å². The molecule has 0 bridgehead atoms. The molecule has 0 aromatic heterocycles. The van der Waals surface area contributed by atoms with Crippen molar-refractivity contribution in [2.75, 3.05) is 26.9 Å². The second-order valence-corrected chi connectivity index (χ2v) is 5.48. The number of benzene rings is 1. The van der Waals surface area contributed by atoms with E-state index in [0.29, 0.717) is 6.61 Å². The zero-order chi connectivity index (χ0) is 15.1. The van der Waals surface area contributed by atoms with Crippen molar-refractivity contribution in [3.63, 3.8) is 0 Å². The molecule has 21 heavy (non-hydrogen) atoms. The second kappa shape index (κ2) is 8.25. The van der Waals surface area contributed by atoms with Crippen molar-refractivity contribution in [3.8, 4) is 11.5 Å². The summed E-state index contributed by atoms with van der Waals surface area (Å²) in [5, 5.41) is 3.43. The van der Waals surface area contributed by atoms with Crippen molar-refractivity contribution in [1.82, 2.24) is 5.32 Å². The highest BCUT2D eigenvalue weighted by molar-refractivity contribution is 5.42. The summed E-state index contributed by atoms with van der Waals surface area (Å²) in [6.07, 6.45) is 3.69. The lowest BCUT2D eigenvalue weighted by atomic mass is 10.1.